The zero-order valence-corrected chi connectivity index (χ0v) is 25.7. The molecule has 3 heterocycles. The Labute approximate surface area is 236 Å². The molecule has 204 valence electrons. The average Bonchev–Trinajstić information content (AvgIpc) is 3.36. The van der Waals surface area contributed by atoms with Crippen LogP contribution in [0.5, 0.6) is 0 Å². The highest BCUT2D eigenvalue weighted by Crippen LogP contribution is 2.45. The summed E-state index contributed by atoms with van der Waals surface area (Å²) in [5.41, 5.74) is 0.929. The molecule has 0 saturated carbocycles. The summed E-state index contributed by atoms with van der Waals surface area (Å²) in [4.78, 5) is 33.2. The molecule has 0 aliphatic carbocycles. The molecular weight excluding hydrogens is 642 g/mol. The molecule has 14 heteroatoms. The third kappa shape index (κ3) is 5.84. The minimum atomic E-state index is -3.23. The Morgan fingerprint density at radius 1 is 1.26 bits per heavy atom. The van der Waals surface area contributed by atoms with Gasteiger partial charge in [-0.15, -0.1) is 4.52 Å². The van der Waals surface area contributed by atoms with E-state index in [1.54, 1.807) is 35.0 Å². The van der Waals surface area contributed by atoms with E-state index in [1.165, 1.54) is 6.33 Å². The van der Waals surface area contributed by atoms with Crippen molar-refractivity contribution in [2.45, 2.75) is 63.4 Å². The van der Waals surface area contributed by atoms with Crippen LogP contribution in [0.3, 0.4) is 0 Å². The lowest BCUT2D eigenvalue weighted by atomic mass is 10.1. The van der Waals surface area contributed by atoms with Crippen LogP contribution in [-0.4, -0.2) is 58.8 Å². The fourth-order valence-electron chi connectivity index (χ4n) is 4.05. The van der Waals surface area contributed by atoms with E-state index in [-0.39, 0.29) is 10.9 Å². The second-order valence-corrected chi connectivity index (χ2v) is 17.1. The molecule has 5 atom stereocenters. The van der Waals surface area contributed by atoms with E-state index in [0.29, 0.717) is 22.4 Å². The lowest BCUT2D eigenvalue weighted by Gasteiger charge is -2.40. The van der Waals surface area contributed by atoms with Crippen LogP contribution in [0.15, 0.2) is 42.9 Å². The van der Waals surface area contributed by atoms with Gasteiger partial charge >= 0.3 is 8.25 Å². The van der Waals surface area contributed by atoms with E-state index in [4.69, 9.17) is 13.7 Å². The Morgan fingerprint density at radius 3 is 2.55 bits per heavy atom. The highest BCUT2D eigenvalue weighted by molar-refractivity contribution is 14.1. The Balaban J connectivity index is 1.77. The van der Waals surface area contributed by atoms with E-state index in [1.807, 2.05) is 19.2 Å². The zero-order chi connectivity index (χ0) is 27.8. The molecule has 3 aromatic rings. The van der Waals surface area contributed by atoms with Crippen molar-refractivity contribution in [1.29, 1.82) is 0 Å². The number of ether oxygens (including phenoxy) is 1. The van der Waals surface area contributed by atoms with Crippen LogP contribution >= 0.6 is 30.8 Å². The number of nitrogens with zero attached hydrogens (tertiary/aromatic N) is 3. The maximum Gasteiger partial charge on any atom is 0.488 e. The lowest BCUT2D eigenvalue weighted by molar-refractivity contribution is -0.193. The summed E-state index contributed by atoms with van der Waals surface area (Å²) in [6.45, 7) is 9.83. The van der Waals surface area contributed by atoms with Crippen molar-refractivity contribution >= 4 is 61.9 Å². The molecule has 1 aromatic carbocycles. The number of nitrogens with one attached hydrogen (secondary N) is 1. The van der Waals surface area contributed by atoms with Crippen molar-refractivity contribution < 1.29 is 33.0 Å². The standard InChI is InChI=1S/C24H30IN4O7PSi/c1-24(2,3)38(4,5)36-19-18(35-37(32)33)16(12-30)34-23(19)29-11-15(25)17-20(26-13-27-21(17)29)28-22(31)14-9-7-6-8-10-14/h6-11,13,16,18-19,23,30H,12H2,1-5H3,(H,26,27,28,31)/t16-,18-,19-,23-/m1/s1. The largest absolute Gasteiger partial charge is 0.566 e. The number of aliphatic hydroxyl groups is 1. The van der Waals surface area contributed by atoms with Gasteiger partial charge in [0.25, 0.3) is 5.91 Å². The van der Waals surface area contributed by atoms with Gasteiger partial charge in [0.2, 0.25) is 0 Å². The number of carbonyl (C=O) groups excluding carboxylic acids is 1. The molecule has 1 saturated heterocycles. The van der Waals surface area contributed by atoms with Gasteiger partial charge in [-0.25, -0.2) is 9.97 Å². The van der Waals surface area contributed by atoms with Crippen molar-refractivity contribution in [3.63, 3.8) is 0 Å². The third-order valence-corrected chi connectivity index (χ3v) is 12.7. The highest BCUT2D eigenvalue weighted by Gasteiger charge is 2.54. The molecule has 11 nitrogen and oxygen atoms in total. The van der Waals surface area contributed by atoms with Gasteiger partial charge < -0.3 is 29.0 Å². The number of hydrogen-bond acceptors (Lipinski definition) is 9. The topological polar surface area (TPSA) is 148 Å². The van der Waals surface area contributed by atoms with E-state index in [0.717, 1.165) is 3.57 Å². The summed E-state index contributed by atoms with van der Waals surface area (Å²) in [5.74, 6) is -0.000491. The molecule has 2 N–H and O–H groups in total. The van der Waals surface area contributed by atoms with Crippen molar-refractivity contribution in [3.8, 4) is 0 Å². The zero-order valence-electron chi connectivity index (χ0n) is 21.6. The normalized spacial score (nSPS) is 22.6. The van der Waals surface area contributed by atoms with Crippen molar-refractivity contribution in [2.75, 3.05) is 11.9 Å². The summed E-state index contributed by atoms with van der Waals surface area (Å²) in [6, 6.07) is 8.78. The predicted molar refractivity (Wildman–Crippen MR) is 150 cm³/mol. The Bertz CT molecular complexity index is 1330. The van der Waals surface area contributed by atoms with Gasteiger partial charge in [0, 0.05) is 15.3 Å². The molecule has 4 rings (SSSR count). The maximum absolute atomic E-state index is 12.8. The van der Waals surface area contributed by atoms with E-state index in [2.05, 4.69) is 58.6 Å². The number of fused-ring (bicyclic) bond motifs is 1. The number of benzene rings is 1. The van der Waals surface area contributed by atoms with Gasteiger partial charge in [-0.05, 0) is 57.4 Å². The maximum atomic E-state index is 12.8. The molecule has 38 heavy (non-hydrogen) atoms. The first kappa shape index (κ1) is 29.1. The number of carbonyl (C=O) groups is 1. The van der Waals surface area contributed by atoms with Crippen molar-refractivity contribution in [1.82, 2.24) is 14.5 Å². The fraction of sp³-hybridized carbons (Fsp3) is 0.458. The Morgan fingerprint density at radius 2 is 1.95 bits per heavy atom. The molecule has 0 spiro atoms. The van der Waals surface area contributed by atoms with Crippen LogP contribution in [0, 0.1) is 3.57 Å². The smallest absolute Gasteiger partial charge is 0.488 e. The molecular formula is C24H30IN4O7PSi. The number of aliphatic hydroxyl groups excluding tert-OH is 1. The Kier molecular flexibility index (Phi) is 8.69. The first-order valence-corrected chi connectivity index (χ1v) is 17.0. The number of anilines is 1. The number of amides is 1. The molecule has 0 radical (unpaired) electrons. The first-order chi connectivity index (χ1) is 17.8. The predicted octanol–water partition coefficient (Wildman–Crippen LogP) is 3.97. The summed E-state index contributed by atoms with van der Waals surface area (Å²) in [7, 11) is -5.69. The van der Waals surface area contributed by atoms with Gasteiger partial charge in [0.15, 0.2) is 20.6 Å². The first-order valence-electron chi connectivity index (χ1n) is 12.0. The van der Waals surface area contributed by atoms with Gasteiger partial charge in [-0.2, -0.15) is 0 Å². The number of rotatable bonds is 8. The molecule has 1 aliphatic rings. The molecule has 1 amide bonds. The van der Waals surface area contributed by atoms with E-state index < -0.39 is 47.7 Å². The fourth-order valence-corrected chi connectivity index (χ4v) is 6.58. The summed E-state index contributed by atoms with van der Waals surface area (Å²) in [6.07, 6.45) is -0.616. The van der Waals surface area contributed by atoms with E-state index >= 15 is 0 Å². The van der Waals surface area contributed by atoms with Gasteiger partial charge in [-0.3, -0.25) is 4.79 Å². The minimum Gasteiger partial charge on any atom is -0.566 e. The molecule has 1 aliphatic heterocycles. The lowest BCUT2D eigenvalue weighted by Crippen LogP contribution is -2.49. The van der Waals surface area contributed by atoms with Crippen molar-refractivity contribution in [2.24, 2.45) is 0 Å². The summed E-state index contributed by atoms with van der Waals surface area (Å²) >= 11 is 2.12. The number of aromatic nitrogens is 3. The van der Waals surface area contributed by atoms with Gasteiger partial charge in [-0.1, -0.05) is 39.0 Å². The highest BCUT2D eigenvalue weighted by atomic mass is 127. The molecule has 0 bridgehead atoms. The summed E-state index contributed by atoms with van der Waals surface area (Å²) < 4.78 is 32.1. The number of hydrogen-bond donors (Lipinski definition) is 2. The van der Waals surface area contributed by atoms with Crippen LogP contribution in [0.4, 0.5) is 5.82 Å². The SMILES string of the molecule is CC(C)(C)[Si](C)(C)O[C@@H]1[C@H](O[P+](=O)[O-])[C@@H](CO)O[C@H]1n1cc(I)c2c(NC(=O)c3ccccc3)ncnc21. The molecule has 1 fully saturated rings. The quantitative estimate of drug-likeness (QED) is 0.206. The number of halogens is 1. The second-order valence-electron chi connectivity index (χ2n) is 10.5. The van der Waals surface area contributed by atoms with Gasteiger partial charge in [0.1, 0.15) is 30.0 Å². The van der Waals surface area contributed by atoms with E-state index in [9.17, 15) is 19.4 Å². The van der Waals surface area contributed by atoms with Crippen LogP contribution in [0.2, 0.25) is 18.1 Å². The van der Waals surface area contributed by atoms with Crippen molar-refractivity contribution in [3.05, 3.63) is 52.0 Å². The van der Waals surface area contributed by atoms with Crippen LogP contribution in [0.1, 0.15) is 37.4 Å². The Hall–Kier alpha value is -1.84. The summed E-state index contributed by atoms with van der Waals surface area (Å²) in [5, 5.41) is 13.3. The van der Waals surface area contributed by atoms with Crippen LogP contribution < -0.4 is 10.2 Å². The van der Waals surface area contributed by atoms with Crippen LogP contribution in [-0.2, 0) is 18.3 Å². The third-order valence-electron chi connectivity index (χ3n) is 7.02. The monoisotopic (exact) mass is 672 g/mol. The molecule has 1 unspecified atom stereocenters. The minimum absolute atomic E-state index is 0.191. The van der Waals surface area contributed by atoms with Crippen LogP contribution in [0.25, 0.3) is 11.0 Å². The average molecular weight is 672 g/mol. The van der Waals surface area contributed by atoms with Gasteiger partial charge in [0.05, 0.1) is 12.0 Å². The molecule has 2 aromatic heterocycles. The second kappa shape index (κ2) is 11.3.